The van der Waals surface area contributed by atoms with E-state index in [0.717, 1.165) is 11.1 Å². The first-order valence-corrected chi connectivity index (χ1v) is 9.14. The zero-order valence-electron chi connectivity index (χ0n) is 14.0. The first kappa shape index (κ1) is 18.6. The number of nitrogens with zero attached hydrogens (tertiary/aromatic N) is 1. The van der Waals surface area contributed by atoms with Crippen molar-refractivity contribution in [2.75, 3.05) is 12.8 Å². The average Bonchev–Trinajstić information content (AvgIpc) is 2.33. The molecule has 0 aliphatic rings. The third-order valence-electron chi connectivity index (χ3n) is 3.05. The maximum atomic E-state index is 11.9. The SMILES string of the molecule is Cc1ccc(CN(CCC(=O)NC(C)(C)C)S(C)(=O)=O)cc1. The molecule has 0 spiro atoms. The highest BCUT2D eigenvalue weighted by Crippen LogP contribution is 2.11. The lowest BCUT2D eigenvalue weighted by Gasteiger charge is -2.23. The highest BCUT2D eigenvalue weighted by molar-refractivity contribution is 7.88. The van der Waals surface area contributed by atoms with Crippen LogP contribution in [0, 0.1) is 6.92 Å². The summed E-state index contributed by atoms with van der Waals surface area (Å²) in [5, 5.41) is 2.84. The van der Waals surface area contributed by atoms with Gasteiger partial charge in [0.2, 0.25) is 15.9 Å². The van der Waals surface area contributed by atoms with Gasteiger partial charge in [-0.3, -0.25) is 4.79 Å². The number of rotatable bonds is 6. The molecular formula is C16H26N2O3S. The van der Waals surface area contributed by atoms with E-state index >= 15 is 0 Å². The molecule has 1 aromatic rings. The molecule has 0 saturated carbocycles. The van der Waals surface area contributed by atoms with Gasteiger partial charge in [0, 0.05) is 25.0 Å². The fraction of sp³-hybridized carbons (Fsp3) is 0.562. The lowest BCUT2D eigenvalue weighted by Crippen LogP contribution is -2.42. The van der Waals surface area contributed by atoms with Crippen LogP contribution in [0.3, 0.4) is 0 Å². The summed E-state index contributed by atoms with van der Waals surface area (Å²) in [7, 11) is -3.36. The van der Waals surface area contributed by atoms with Crippen molar-refractivity contribution in [1.29, 1.82) is 0 Å². The summed E-state index contributed by atoms with van der Waals surface area (Å²) in [5.41, 5.74) is 1.72. The molecule has 0 aliphatic carbocycles. The van der Waals surface area contributed by atoms with E-state index in [1.54, 1.807) is 0 Å². The van der Waals surface area contributed by atoms with Crippen molar-refractivity contribution in [3.05, 3.63) is 35.4 Å². The van der Waals surface area contributed by atoms with Gasteiger partial charge in [-0.25, -0.2) is 8.42 Å². The zero-order chi connectivity index (χ0) is 17.0. The summed E-state index contributed by atoms with van der Waals surface area (Å²) in [6.07, 6.45) is 1.32. The molecule has 1 aromatic carbocycles. The van der Waals surface area contributed by atoms with Gasteiger partial charge >= 0.3 is 0 Å². The molecule has 0 aliphatic heterocycles. The molecule has 5 nitrogen and oxygen atoms in total. The molecular weight excluding hydrogens is 300 g/mol. The molecule has 0 atom stereocenters. The number of benzene rings is 1. The molecule has 0 radical (unpaired) electrons. The van der Waals surface area contributed by atoms with Gasteiger partial charge in [0.25, 0.3) is 0 Å². The van der Waals surface area contributed by atoms with E-state index in [4.69, 9.17) is 0 Å². The number of amides is 1. The van der Waals surface area contributed by atoms with Crippen molar-refractivity contribution in [1.82, 2.24) is 9.62 Å². The fourth-order valence-corrected chi connectivity index (χ4v) is 2.77. The summed E-state index contributed by atoms with van der Waals surface area (Å²) in [4.78, 5) is 11.9. The van der Waals surface area contributed by atoms with Crippen molar-refractivity contribution in [2.24, 2.45) is 0 Å². The van der Waals surface area contributed by atoms with Crippen LogP contribution < -0.4 is 5.32 Å². The molecule has 0 saturated heterocycles. The molecule has 0 fully saturated rings. The van der Waals surface area contributed by atoms with Gasteiger partial charge in [0.15, 0.2) is 0 Å². The van der Waals surface area contributed by atoms with Crippen LogP contribution >= 0.6 is 0 Å². The third-order valence-corrected chi connectivity index (χ3v) is 4.30. The van der Waals surface area contributed by atoms with Crippen molar-refractivity contribution in [3.8, 4) is 0 Å². The topological polar surface area (TPSA) is 66.5 Å². The second-order valence-electron chi connectivity index (χ2n) is 6.63. The maximum absolute atomic E-state index is 11.9. The average molecular weight is 326 g/mol. The quantitative estimate of drug-likeness (QED) is 0.870. The monoisotopic (exact) mass is 326 g/mol. The van der Waals surface area contributed by atoms with Crippen LogP contribution in [0.15, 0.2) is 24.3 Å². The Kier molecular flexibility index (Phi) is 6.14. The van der Waals surface area contributed by atoms with E-state index in [1.165, 1.54) is 10.6 Å². The Bertz CT molecular complexity index is 601. The van der Waals surface area contributed by atoms with Gasteiger partial charge in [0.1, 0.15) is 0 Å². The minimum Gasteiger partial charge on any atom is -0.351 e. The number of hydrogen-bond acceptors (Lipinski definition) is 3. The van der Waals surface area contributed by atoms with E-state index in [1.807, 2.05) is 52.0 Å². The Morgan fingerprint density at radius 1 is 1.18 bits per heavy atom. The molecule has 1 amide bonds. The van der Waals surface area contributed by atoms with Gasteiger partial charge in [-0.1, -0.05) is 29.8 Å². The van der Waals surface area contributed by atoms with Crippen LogP contribution in [0.25, 0.3) is 0 Å². The Hall–Kier alpha value is -1.40. The number of carbonyl (C=O) groups excluding carboxylic acids is 1. The maximum Gasteiger partial charge on any atom is 0.221 e. The van der Waals surface area contributed by atoms with Crippen LogP contribution in [-0.2, 0) is 21.4 Å². The number of aryl methyl sites for hydroxylation is 1. The highest BCUT2D eigenvalue weighted by Gasteiger charge is 2.20. The normalized spacial score (nSPS) is 12.5. The third kappa shape index (κ3) is 7.04. The van der Waals surface area contributed by atoms with Gasteiger partial charge in [-0.15, -0.1) is 0 Å². The molecule has 0 aromatic heterocycles. The van der Waals surface area contributed by atoms with Crippen LogP contribution in [0.4, 0.5) is 0 Å². The second kappa shape index (κ2) is 7.24. The van der Waals surface area contributed by atoms with E-state index in [2.05, 4.69) is 5.32 Å². The number of nitrogens with one attached hydrogen (secondary N) is 1. The Morgan fingerprint density at radius 3 is 2.18 bits per heavy atom. The standard InChI is InChI=1S/C16H26N2O3S/c1-13-6-8-14(9-7-13)12-18(22(5,20)21)11-10-15(19)17-16(2,3)4/h6-9H,10-12H2,1-5H3,(H,17,19). The van der Waals surface area contributed by atoms with Crippen molar-refractivity contribution < 1.29 is 13.2 Å². The van der Waals surface area contributed by atoms with E-state index in [-0.39, 0.29) is 31.0 Å². The van der Waals surface area contributed by atoms with Crippen LogP contribution in [0.2, 0.25) is 0 Å². The largest absolute Gasteiger partial charge is 0.351 e. The Morgan fingerprint density at radius 2 is 1.73 bits per heavy atom. The van der Waals surface area contributed by atoms with Gasteiger partial charge in [-0.2, -0.15) is 4.31 Å². The minimum atomic E-state index is -3.36. The molecule has 22 heavy (non-hydrogen) atoms. The lowest BCUT2D eigenvalue weighted by atomic mass is 10.1. The summed E-state index contributed by atoms with van der Waals surface area (Å²) < 4.78 is 25.1. The zero-order valence-corrected chi connectivity index (χ0v) is 14.8. The molecule has 124 valence electrons. The van der Waals surface area contributed by atoms with Crippen molar-refractivity contribution >= 4 is 15.9 Å². The molecule has 0 unspecified atom stereocenters. The summed E-state index contributed by atoms with van der Waals surface area (Å²) in [5.74, 6) is -0.148. The predicted molar refractivity (Wildman–Crippen MR) is 88.9 cm³/mol. The molecule has 0 heterocycles. The summed E-state index contributed by atoms with van der Waals surface area (Å²) >= 11 is 0. The first-order valence-electron chi connectivity index (χ1n) is 7.29. The minimum absolute atomic E-state index is 0.148. The van der Waals surface area contributed by atoms with Crippen LogP contribution in [0.5, 0.6) is 0 Å². The first-order chi connectivity index (χ1) is 9.97. The number of hydrogen-bond donors (Lipinski definition) is 1. The molecule has 1 N–H and O–H groups in total. The summed E-state index contributed by atoms with van der Waals surface area (Å²) in [6, 6.07) is 7.70. The van der Waals surface area contributed by atoms with Gasteiger partial charge in [0.05, 0.1) is 6.26 Å². The van der Waals surface area contributed by atoms with Gasteiger partial charge < -0.3 is 5.32 Å². The number of sulfonamides is 1. The smallest absolute Gasteiger partial charge is 0.221 e. The number of carbonyl (C=O) groups is 1. The Balaban J connectivity index is 2.70. The molecule has 0 bridgehead atoms. The van der Waals surface area contributed by atoms with Crippen molar-refractivity contribution in [3.63, 3.8) is 0 Å². The van der Waals surface area contributed by atoms with Crippen LogP contribution in [0.1, 0.15) is 38.3 Å². The highest BCUT2D eigenvalue weighted by atomic mass is 32.2. The van der Waals surface area contributed by atoms with Gasteiger partial charge in [-0.05, 0) is 33.3 Å². The summed E-state index contributed by atoms with van der Waals surface area (Å²) in [6.45, 7) is 8.12. The predicted octanol–water partition coefficient (Wildman–Crippen LogP) is 2.06. The fourth-order valence-electron chi connectivity index (χ4n) is 1.97. The van der Waals surface area contributed by atoms with E-state index < -0.39 is 10.0 Å². The van der Waals surface area contributed by atoms with Crippen LogP contribution in [-0.4, -0.2) is 37.0 Å². The van der Waals surface area contributed by atoms with E-state index in [0.29, 0.717) is 0 Å². The Labute approximate surface area is 133 Å². The van der Waals surface area contributed by atoms with Crippen molar-refractivity contribution in [2.45, 2.75) is 46.2 Å². The lowest BCUT2D eigenvalue weighted by molar-refractivity contribution is -0.122. The molecule has 1 rings (SSSR count). The second-order valence-corrected chi connectivity index (χ2v) is 8.61. The van der Waals surface area contributed by atoms with E-state index in [9.17, 15) is 13.2 Å². The molecule has 6 heteroatoms.